The summed E-state index contributed by atoms with van der Waals surface area (Å²) in [6.45, 7) is 0.815. The van der Waals surface area contributed by atoms with Crippen LogP contribution in [0.5, 0.6) is 0 Å². The van der Waals surface area contributed by atoms with Crippen molar-refractivity contribution >= 4 is 54.5 Å². The van der Waals surface area contributed by atoms with Gasteiger partial charge in [-0.15, -0.1) is 0 Å². The molecular formula is C20H40Cl2N6O10Pt. The van der Waals surface area contributed by atoms with Crippen LogP contribution in [-0.4, -0.2) is 81.3 Å². The van der Waals surface area contributed by atoms with Gasteiger partial charge in [0.05, 0.1) is 12.8 Å². The van der Waals surface area contributed by atoms with Gasteiger partial charge in [0.2, 0.25) is 11.8 Å². The van der Waals surface area contributed by atoms with E-state index in [0.29, 0.717) is 51.6 Å². The van der Waals surface area contributed by atoms with Crippen molar-refractivity contribution in [3.63, 3.8) is 0 Å². The van der Waals surface area contributed by atoms with Crippen LogP contribution in [0.1, 0.15) is 64.2 Å². The van der Waals surface area contributed by atoms with Gasteiger partial charge >= 0.3 is 59.2 Å². The molecule has 0 spiro atoms. The molecule has 0 saturated carbocycles. The maximum atomic E-state index is 11.1. The van der Waals surface area contributed by atoms with E-state index in [-0.39, 0.29) is 49.8 Å². The van der Waals surface area contributed by atoms with Crippen LogP contribution in [0, 0.1) is 0 Å². The fourth-order valence-corrected chi connectivity index (χ4v) is 2.30. The molecule has 0 aliphatic heterocycles. The van der Waals surface area contributed by atoms with Gasteiger partial charge in [-0.25, -0.2) is 0 Å². The molecule has 0 aliphatic carbocycles. The summed E-state index contributed by atoms with van der Waals surface area (Å²) in [4.78, 5) is 63.2. The molecule has 14 N–H and O–H groups in total. The molecule has 234 valence electrons. The van der Waals surface area contributed by atoms with Crippen LogP contribution in [0.2, 0.25) is 0 Å². The van der Waals surface area contributed by atoms with Gasteiger partial charge in [-0.2, -0.15) is 0 Å². The minimum absolute atomic E-state index is 0. The Balaban J connectivity index is -0.000000171. The van der Waals surface area contributed by atoms with E-state index < -0.39 is 52.4 Å². The standard InChI is InChI=1S/2C10H18N2O5.2ClH.2H2N.Pt/c2*11-7(10(16)17)3-1-2-6-12-8(13)4-5-9(14)15;;;;;/h2*7H,1-6,11H2,(H,12,13)(H,14,15)(H,16,17);2*1H;2*1H2;/q;;;;2*-1;+4/p-2. The van der Waals surface area contributed by atoms with Gasteiger partial charge in [0.25, 0.3) is 0 Å². The van der Waals surface area contributed by atoms with Crippen LogP contribution in [0.4, 0.5) is 0 Å². The molecule has 0 rings (SSSR count). The monoisotopic (exact) mass is 789 g/mol. The van der Waals surface area contributed by atoms with Gasteiger partial charge in [0.15, 0.2) is 0 Å². The fraction of sp³-hybridized carbons (Fsp3) is 0.700. The van der Waals surface area contributed by atoms with E-state index in [0.717, 1.165) is 0 Å². The molecule has 0 aromatic carbocycles. The van der Waals surface area contributed by atoms with Crippen LogP contribution in [0.25, 0.3) is 12.3 Å². The third kappa shape index (κ3) is 40.6. The van der Waals surface area contributed by atoms with E-state index in [9.17, 15) is 28.8 Å². The van der Waals surface area contributed by atoms with E-state index in [1.54, 1.807) is 0 Å². The first-order chi connectivity index (χ1) is 17.3. The number of carbonyl (C=O) groups excluding carboxylic acids is 2. The Morgan fingerprint density at radius 2 is 0.897 bits per heavy atom. The van der Waals surface area contributed by atoms with Crippen molar-refractivity contribution in [2.75, 3.05) is 13.1 Å². The molecule has 2 unspecified atom stereocenters. The van der Waals surface area contributed by atoms with Crippen LogP contribution >= 0.6 is 18.8 Å². The quantitative estimate of drug-likeness (QED) is 0.0924. The van der Waals surface area contributed by atoms with Crippen LogP contribution in [0.3, 0.4) is 0 Å². The number of nitrogens with one attached hydrogen (secondary N) is 2. The van der Waals surface area contributed by atoms with E-state index >= 15 is 0 Å². The molecule has 16 nitrogen and oxygen atoms in total. The first kappa shape index (κ1) is 46.8. The molecule has 19 heteroatoms. The second kappa shape index (κ2) is 32.1. The number of amides is 2. The SMILES string of the molecule is NC(CCCCNC(=O)CCC(=O)O)C(=O)O.NC(CCCCNC(=O)CCC(=O)O)C(=O)O.[Cl][Pt+2][Cl].[NH2-].[NH2-]. The van der Waals surface area contributed by atoms with Crippen LogP contribution < -0.4 is 22.1 Å². The molecule has 0 heterocycles. The first-order valence-corrected chi connectivity index (χ1v) is 16.7. The number of carboxylic acids is 4. The summed E-state index contributed by atoms with van der Waals surface area (Å²) in [6.07, 6.45) is 2.74. The summed E-state index contributed by atoms with van der Waals surface area (Å²) >= 11 is -0.472. The zero-order valence-corrected chi connectivity index (χ0v) is 25.0. The third-order valence-electron chi connectivity index (χ3n) is 4.29. The van der Waals surface area contributed by atoms with E-state index in [1.165, 1.54) is 0 Å². The van der Waals surface area contributed by atoms with Crippen molar-refractivity contribution in [1.29, 1.82) is 0 Å². The molecule has 0 aromatic heterocycles. The fourth-order valence-electron chi connectivity index (χ4n) is 2.30. The summed E-state index contributed by atoms with van der Waals surface area (Å²) < 4.78 is 0. The molecule has 0 radical (unpaired) electrons. The maximum absolute atomic E-state index is 11.1. The minimum Gasteiger partial charge on any atom is -0.693 e. The Morgan fingerprint density at radius 1 is 0.615 bits per heavy atom. The molecule has 0 saturated heterocycles. The number of rotatable bonds is 18. The number of unbranched alkanes of at least 4 members (excludes halogenated alkanes) is 2. The summed E-state index contributed by atoms with van der Waals surface area (Å²) in [6, 6.07) is -1.73. The number of carbonyl (C=O) groups is 6. The Bertz CT molecular complexity index is 654. The van der Waals surface area contributed by atoms with Gasteiger partial charge in [-0.1, -0.05) is 0 Å². The van der Waals surface area contributed by atoms with Gasteiger partial charge < -0.3 is 54.8 Å². The van der Waals surface area contributed by atoms with Crippen molar-refractivity contribution in [2.24, 2.45) is 11.5 Å². The van der Waals surface area contributed by atoms with Gasteiger partial charge in [0.1, 0.15) is 12.1 Å². The Kier molecular flexibility index (Phi) is 38.5. The normalized spacial score (nSPS) is 10.9. The maximum Gasteiger partial charge on any atom is -0.693 e. The number of halogens is 2. The van der Waals surface area contributed by atoms with E-state index in [4.69, 9.17) is 50.7 Å². The van der Waals surface area contributed by atoms with Crippen LogP contribution in [-0.2, 0) is 45.2 Å². The molecule has 2 atom stereocenters. The molecule has 0 bridgehead atoms. The average Bonchev–Trinajstić information content (AvgIpc) is 2.81. The summed E-state index contributed by atoms with van der Waals surface area (Å²) in [5, 5.41) is 38.8. The molecule has 0 aliphatic rings. The topological polar surface area (TPSA) is 326 Å². The van der Waals surface area contributed by atoms with Crippen molar-refractivity contribution in [3.05, 3.63) is 12.3 Å². The smallest absolute Gasteiger partial charge is 0.693 e. The summed E-state index contributed by atoms with van der Waals surface area (Å²) in [5.74, 6) is -4.70. The van der Waals surface area contributed by atoms with Crippen molar-refractivity contribution in [2.45, 2.75) is 76.3 Å². The molecular weight excluding hydrogens is 750 g/mol. The second-order valence-corrected chi connectivity index (χ2v) is 10.7. The van der Waals surface area contributed by atoms with Gasteiger partial charge in [-0.05, 0) is 38.5 Å². The largest absolute Gasteiger partial charge is 0.693 e. The Labute approximate surface area is 243 Å². The number of hydrogen-bond acceptors (Lipinski definition) is 8. The van der Waals surface area contributed by atoms with E-state index in [1.807, 2.05) is 0 Å². The average molecular weight is 791 g/mol. The minimum atomic E-state index is -1.03. The molecule has 39 heavy (non-hydrogen) atoms. The van der Waals surface area contributed by atoms with Gasteiger partial charge in [-0.3, -0.25) is 28.8 Å². The zero-order valence-electron chi connectivity index (χ0n) is 21.3. The molecule has 0 fully saturated rings. The number of carboxylic acid groups (broad SMARTS) is 4. The number of aliphatic carboxylic acids is 4. The zero-order chi connectivity index (χ0) is 29.2. The summed E-state index contributed by atoms with van der Waals surface area (Å²) in [7, 11) is 9.75. The van der Waals surface area contributed by atoms with Crippen molar-refractivity contribution in [1.82, 2.24) is 10.6 Å². The third-order valence-corrected chi connectivity index (χ3v) is 4.29. The second-order valence-electron chi connectivity index (χ2n) is 7.41. The predicted molar refractivity (Wildman–Crippen MR) is 141 cm³/mol. The number of nitrogens with two attached hydrogens (primary N) is 4. The number of hydrogen-bond donors (Lipinski definition) is 8. The van der Waals surface area contributed by atoms with Crippen molar-refractivity contribution < 1.29 is 65.7 Å². The summed E-state index contributed by atoms with van der Waals surface area (Å²) in [5.41, 5.74) is 10.6. The Morgan fingerprint density at radius 3 is 1.13 bits per heavy atom. The Hall–Kier alpha value is -2.07. The van der Waals surface area contributed by atoms with Crippen LogP contribution in [0.15, 0.2) is 0 Å². The van der Waals surface area contributed by atoms with Gasteiger partial charge in [0, 0.05) is 25.9 Å². The molecule has 0 aromatic rings. The van der Waals surface area contributed by atoms with Crippen molar-refractivity contribution in [3.8, 4) is 0 Å². The molecule has 2 amide bonds. The first-order valence-electron chi connectivity index (χ1n) is 11.0. The van der Waals surface area contributed by atoms with E-state index in [2.05, 4.69) is 10.6 Å². The predicted octanol–water partition coefficient (Wildman–Crippen LogP) is 1.91.